The van der Waals surface area contributed by atoms with E-state index in [0.29, 0.717) is 27.8 Å². The summed E-state index contributed by atoms with van der Waals surface area (Å²) in [6.45, 7) is 5.47. The Hall–Kier alpha value is -3.07. The number of sulfonamides is 1. The molecule has 0 fully saturated rings. The second kappa shape index (κ2) is 14.0. The van der Waals surface area contributed by atoms with Crippen molar-refractivity contribution in [3.05, 3.63) is 99.5 Å². The number of hydrogen-bond acceptors (Lipinski definition) is 4. The summed E-state index contributed by atoms with van der Waals surface area (Å²) in [6.07, 6.45) is 1.28. The molecular formula is C30H35Cl2N3O4S. The van der Waals surface area contributed by atoms with Gasteiger partial charge >= 0.3 is 0 Å². The number of carbonyl (C=O) groups is 2. The molecule has 0 aliphatic rings. The second-order valence-corrected chi connectivity index (χ2v) is 12.5. The number of rotatable bonds is 12. The Balaban J connectivity index is 2.12. The molecule has 10 heteroatoms. The lowest BCUT2D eigenvalue weighted by molar-refractivity contribution is -0.140. The third kappa shape index (κ3) is 7.99. The van der Waals surface area contributed by atoms with E-state index in [-0.39, 0.29) is 24.8 Å². The summed E-state index contributed by atoms with van der Waals surface area (Å²) >= 11 is 13.0. The van der Waals surface area contributed by atoms with Gasteiger partial charge in [-0.05, 0) is 42.2 Å². The number of benzene rings is 3. The van der Waals surface area contributed by atoms with Crippen LogP contribution in [-0.4, -0.2) is 50.5 Å². The van der Waals surface area contributed by atoms with Crippen LogP contribution in [-0.2, 0) is 32.6 Å². The largest absolute Gasteiger partial charge is 0.355 e. The molecule has 3 aromatic carbocycles. The zero-order valence-electron chi connectivity index (χ0n) is 23.1. The highest BCUT2D eigenvalue weighted by Gasteiger charge is 2.34. The van der Waals surface area contributed by atoms with Crippen LogP contribution in [0.25, 0.3) is 0 Å². The molecule has 0 spiro atoms. The summed E-state index contributed by atoms with van der Waals surface area (Å²) in [5.74, 6) is -0.918. The maximum absolute atomic E-state index is 14.2. The van der Waals surface area contributed by atoms with E-state index in [1.165, 1.54) is 4.90 Å². The van der Waals surface area contributed by atoms with E-state index in [4.69, 9.17) is 23.2 Å². The number of likely N-dealkylation sites (N-methyl/N-ethyl adjacent to an activating group) is 1. The van der Waals surface area contributed by atoms with E-state index < -0.39 is 28.5 Å². The molecule has 3 rings (SSSR count). The first-order chi connectivity index (χ1) is 18.9. The van der Waals surface area contributed by atoms with Crippen molar-refractivity contribution in [1.82, 2.24) is 10.2 Å². The average Bonchev–Trinajstić information content (AvgIpc) is 2.90. The Morgan fingerprint density at radius 1 is 0.900 bits per heavy atom. The fourth-order valence-electron chi connectivity index (χ4n) is 4.50. The van der Waals surface area contributed by atoms with Crippen molar-refractivity contribution < 1.29 is 18.0 Å². The minimum absolute atomic E-state index is 0.00903. The minimum Gasteiger partial charge on any atom is -0.355 e. The van der Waals surface area contributed by atoms with Gasteiger partial charge in [0.15, 0.2) is 0 Å². The van der Waals surface area contributed by atoms with Crippen molar-refractivity contribution in [3.8, 4) is 0 Å². The number of carbonyl (C=O) groups excluding carboxylic acids is 2. The van der Waals surface area contributed by atoms with Crippen LogP contribution >= 0.6 is 23.2 Å². The summed E-state index contributed by atoms with van der Waals surface area (Å²) in [4.78, 5) is 29.0. The molecule has 214 valence electrons. The van der Waals surface area contributed by atoms with E-state index in [9.17, 15) is 18.0 Å². The molecule has 0 saturated carbocycles. The van der Waals surface area contributed by atoms with E-state index >= 15 is 0 Å². The van der Waals surface area contributed by atoms with Gasteiger partial charge in [-0.2, -0.15) is 0 Å². The molecule has 3 aromatic rings. The van der Waals surface area contributed by atoms with Gasteiger partial charge < -0.3 is 10.2 Å². The Morgan fingerprint density at radius 3 is 2.08 bits per heavy atom. The lowest BCUT2D eigenvalue weighted by Crippen LogP contribution is -2.53. The van der Waals surface area contributed by atoms with Gasteiger partial charge in [0.05, 0.1) is 11.9 Å². The van der Waals surface area contributed by atoms with Crippen molar-refractivity contribution in [2.75, 3.05) is 23.7 Å². The maximum atomic E-state index is 14.2. The predicted molar refractivity (Wildman–Crippen MR) is 162 cm³/mol. The van der Waals surface area contributed by atoms with Gasteiger partial charge in [-0.25, -0.2) is 8.42 Å². The van der Waals surface area contributed by atoms with Crippen LogP contribution < -0.4 is 9.62 Å². The number of halogens is 2. The van der Waals surface area contributed by atoms with Crippen LogP contribution in [0.4, 0.5) is 5.69 Å². The molecule has 40 heavy (non-hydrogen) atoms. The highest BCUT2D eigenvalue weighted by atomic mass is 35.5. The standard InChI is InChI=1S/C30H35Cl2N3O4S/c1-5-33-30(37)28(18-22-12-7-6-8-13-22)34(19-24-25(31)15-11-16-26(24)32)29(36)20-35(40(4,38)39)27-17-10-9-14-23(27)21(2)3/h6-17,21,28H,5,18-20H2,1-4H3,(H,33,37)/t28-/m0/s1. The molecule has 2 amide bonds. The average molecular weight is 605 g/mol. The maximum Gasteiger partial charge on any atom is 0.244 e. The molecular weight excluding hydrogens is 569 g/mol. The number of nitrogens with one attached hydrogen (secondary N) is 1. The molecule has 0 saturated heterocycles. The zero-order valence-corrected chi connectivity index (χ0v) is 25.4. The predicted octanol–water partition coefficient (Wildman–Crippen LogP) is 5.66. The van der Waals surface area contributed by atoms with Crippen LogP contribution in [0.3, 0.4) is 0 Å². The fourth-order valence-corrected chi connectivity index (χ4v) is 5.88. The van der Waals surface area contributed by atoms with Gasteiger partial charge in [-0.1, -0.05) is 91.6 Å². The van der Waals surface area contributed by atoms with Crippen molar-refractivity contribution in [1.29, 1.82) is 0 Å². The first-order valence-electron chi connectivity index (χ1n) is 13.0. The molecule has 0 radical (unpaired) electrons. The molecule has 1 atom stereocenters. The fraction of sp³-hybridized carbons (Fsp3) is 0.333. The monoisotopic (exact) mass is 603 g/mol. The van der Waals surface area contributed by atoms with Crippen molar-refractivity contribution in [2.45, 2.75) is 45.7 Å². The molecule has 0 aliphatic carbocycles. The highest BCUT2D eigenvalue weighted by Crippen LogP contribution is 2.31. The first kappa shape index (κ1) is 31.5. The van der Waals surface area contributed by atoms with E-state index in [1.807, 2.05) is 56.3 Å². The van der Waals surface area contributed by atoms with E-state index in [0.717, 1.165) is 21.7 Å². The van der Waals surface area contributed by atoms with Gasteiger partial charge in [0.2, 0.25) is 21.8 Å². The third-order valence-electron chi connectivity index (χ3n) is 6.52. The smallest absolute Gasteiger partial charge is 0.244 e. The van der Waals surface area contributed by atoms with Gasteiger partial charge in [0.25, 0.3) is 0 Å². The number of nitrogens with zero attached hydrogens (tertiary/aromatic N) is 2. The Morgan fingerprint density at radius 2 is 1.50 bits per heavy atom. The van der Waals surface area contributed by atoms with Gasteiger partial charge in [-0.15, -0.1) is 0 Å². The summed E-state index contributed by atoms with van der Waals surface area (Å²) in [5, 5.41) is 3.50. The molecule has 0 aliphatic heterocycles. The third-order valence-corrected chi connectivity index (χ3v) is 8.35. The summed E-state index contributed by atoms with van der Waals surface area (Å²) in [7, 11) is -3.87. The summed E-state index contributed by atoms with van der Waals surface area (Å²) < 4.78 is 27.2. The van der Waals surface area contributed by atoms with Gasteiger partial charge in [0, 0.05) is 35.1 Å². The Labute approximate surface area is 247 Å². The quantitative estimate of drug-likeness (QED) is 0.289. The number of amides is 2. The Kier molecular flexibility index (Phi) is 11.0. The molecule has 0 aromatic heterocycles. The topological polar surface area (TPSA) is 86.8 Å². The summed E-state index contributed by atoms with van der Waals surface area (Å²) in [5.41, 5.74) is 2.51. The van der Waals surface area contributed by atoms with Crippen LogP contribution in [0.1, 0.15) is 43.4 Å². The molecule has 0 unspecified atom stereocenters. The molecule has 7 nitrogen and oxygen atoms in total. The summed E-state index contributed by atoms with van der Waals surface area (Å²) in [6, 6.07) is 20.5. The van der Waals surface area contributed by atoms with E-state index in [2.05, 4.69) is 5.32 Å². The van der Waals surface area contributed by atoms with Gasteiger partial charge in [0.1, 0.15) is 12.6 Å². The second-order valence-electron chi connectivity index (χ2n) is 9.81. The SMILES string of the molecule is CCNC(=O)[C@H](Cc1ccccc1)N(Cc1c(Cl)cccc1Cl)C(=O)CN(c1ccccc1C(C)C)S(C)(=O)=O. The van der Waals surface area contributed by atoms with Crippen LogP contribution in [0.15, 0.2) is 72.8 Å². The lowest BCUT2D eigenvalue weighted by atomic mass is 10.0. The number of anilines is 1. The molecule has 1 N–H and O–H groups in total. The van der Waals surface area contributed by atoms with Crippen molar-refractivity contribution >= 4 is 50.7 Å². The lowest BCUT2D eigenvalue weighted by Gasteiger charge is -2.34. The number of hydrogen-bond donors (Lipinski definition) is 1. The first-order valence-corrected chi connectivity index (χ1v) is 15.6. The molecule has 0 heterocycles. The van der Waals surface area contributed by atoms with Crippen LogP contribution in [0.2, 0.25) is 10.0 Å². The van der Waals surface area contributed by atoms with Crippen LogP contribution in [0.5, 0.6) is 0 Å². The normalized spacial score (nSPS) is 12.2. The van der Waals surface area contributed by atoms with Crippen molar-refractivity contribution in [3.63, 3.8) is 0 Å². The number of para-hydroxylation sites is 1. The van der Waals surface area contributed by atoms with Crippen LogP contribution in [0, 0.1) is 0 Å². The zero-order chi connectivity index (χ0) is 29.4. The molecule has 0 bridgehead atoms. The van der Waals surface area contributed by atoms with E-state index in [1.54, 1.807) is 37.3 Å². The van der Waals surface area contributed by atoms with Gasteiger partial charge in [-0.3, -0.25) is 13.9 Å². The highest BCUT2D eigenvalue weighted by molar-refractivity contribution is 7.92. The minimum atomic E-state index is -3.87. The van der Waals surface area contributed by atoms with Crippen molar-refractivity contribution in [2.24, 2.45) is 0 Å². The Bertz CT molecular complexity index is 1410.